The molecule has 1 aliphatic carbocycles. The molecule has 0 saturated heterocycles. The van der Waals surface area contributed by atoms with Crippen molar-refractivity contribution in [3.8, 4) is 0 Å². The zero-order valence-electron chi connectivity index (χ0n) is 9.25. The molecule has 0 fully saturated rings. The van der Waals surface area contributed by atoms with E-state index in [-0.39, 0.29) is 0 Å². The van der Waals surface area contributed by atoms with Gasteiger partial charge < -0.3 is 0 Å². The SMILES string of the molecule is C=C/C=C(C)/C(C)=C1\C=CC=CC1C. The van der Waals surface area contributed by atoms with E-state index in [2.05, 4.69) is 57.7 Å². The summed E-state index contributed by atoms with van der Waals surface area (Å²) in [5.41, 5.74) is 4.06. The number of hydrogen-bond donors (Lipinski definition) is 0. The third-order valence-electron chi connectivity index (χ3n) is 2.67. The first-order chi connectivity index (χ1) is 6.66. The van der Waals surface area contributed by atoms with Gasteiger partial charge in [-0.05, 0) is 36.5 Å². The maximum Gasteiger partial charge on any atom is -0.000460 e. The van der Waals surface area contributed by atoms with E-state index in [1.807, 2.05) is 6.08 Å². The highest BCUT2D eigenvalue weighted by Gasteiger charge is 2.08. The molecule has 1 rings (SSSR count). The monoisotopic (exact) mass is 186 g/mol. The summed E-state index contributed by atoms with van der Waals surface area (Å²) in [4.78, 5) is 0. The van der Waals surface area contributed by atoms with Gasteiger partial charge in [0.1, 0.15) is 0 Å². The number of rotatable bonds is 2. The molecule has 0 heterocycles. The van der Waals surface area contributed by atoms with E-state index in [0.717, 1.165) is 0 Å². The molecule has 0 aromatic rings. The van der Waals surface area contributed by atoms with Crippen LogP contribution in [0.2, 0.25) is 0 Å². The van der Waals surface area contributed by atoms with Gasteiger partial charge in [-0.25, -0.2) is 0 Å². The van der Waals surface area contributed by atoms with Crippen LogP contribution < -0.4 is 0 Å². The van der Waals surface area contributed by atoms with Gasteiger partial charge in [0.2, 0.25) is 0 Å². The molecule has 0 heteroatoms. The van der Waals surface area contributed by atoms with Crippen LogP contribution in [-0.2, 0) is 0 Å². The summed E-state index contributed by atoms with van der Waals surface area (Å²) in [6.07, 6.45) is 12.5. The second-order valence-corrected chi connectivity index (χ2v) is 3.70. The molecule has 0 radical (unpaired) electrons. The minimum Gasteiger partial charge on any atom is -0.0991 e. The highest BCUT2D eigenvalue weighted by molar-refractivity contribution is 5.44. The Labute approximate surface area is 87.0 Å². The lowest BCUT2D eigenvalue weighted by Crippen LogP contribution is -2.00. The fourth-order valence-corrected chi connectivity index (χ4v) is 1.64. The molecule has 1 aliphatic rings. The van der Waals surface area contributed by atoms with Gasteiger partial charge in [0.15, 0.2) is 0 Å². The average Bonchev–Trinajstić information content (AvgIpc) is 2.18. The van der Waals surface area contributed by atoms with Gasteiger partial charge in [0.25, 0.3) is 0 Å². The van der Waals surface area contributed by atoms with Crippen LogP contribution in [0.3, 0.4) is 0 Å². The summed E-state index contributed by atoms with van der Waals surface area (Å²) in [5, 5.41) is 0. The van der Waals surface area contributed by atoms with Crippen LogP contribution in [0.5, 0.6) is 0 Å². The molecule has 0 saturated carbocycles. The van der Waals surface area contributed by atoms with Crippen LogP contribution >= 0.6 is 0 Å². The Morgan fingerprint density at radius 3 is 2.64 bits per heavy atom. The number of hydrogen-bond acceptors (Lipinski definition) is 0. The van der Waals surface area contributed by atoms with Crippen molar-refractivity contribution in [3.05, 3.63) is 59.8 Å². The fourth-order valence-electron chi connectivity index (χ4n) is 1.64. The highest BCUT2D eigenvalue weighted by Crippen LogP contribution is 2.25. The summed E-state index contributed by atoms with van der Waals surface area (Å²) in [7, 11) is 0. The van der Waals surface area contributed by atoms with Crippen molar-refractivity contribution in [2.24, 2.45) is 5.92 Å². The Kier molecular flexibility index (Phi) is 3.70. The first-order valence-corrected chi connectivity index (χ1v) is 5.02. The normalized spacial score (nSPS) is 25.1. The molecule has 0 amide bonds. The van der Waals surface area contributed by atoms with E-state index in [0.29, 0.717) is 5.92 Å². The molecular weight excluding hydrogens is 168 g/mol. The zero-order valence-corrected chi connectivity index (χ0v) is 9.25. The summed E-state index contributed by atoms with van der Waals surface area (Å²) in [6.45, 7) is 10.2. The maximum atomic E-state index is 3.72. The van der Waals surface area contributed by atoms with E-state index < -0.39 is 0 Å². The predicted molar refractivity (Wildman–Crippen MR) is 64.1 cm³/mol. The van der Waals surface area contributed by atoms with Crippen molar-refractivity contribution in [2.75, 3.05) is 0 Å². The molecule has 0 aliphatic heterocycles. The van der Waals surface area contributed by atoms with Crippen LogP contribution in [0.15, 0.2) is 59.8 Å². The van der Waals surface area contributed by atoms with Crippen LogP contribution in [0.1, 0.15) is 20.8 Å². The lowest BCUT2D eigenvalue weighted by atomic mass is 9.90. The summed E-state index contributed by atoms with van der Waals surface area (Å²) < 4.78 is 0. The molecule has 0 nitrogen and oxygen atoms in total. The molecule has 1 unspecified atom stereocenters. The van der Waals surface area contributed by atoms with Gasteiger partial charge in [-0.3, -0.25) is 0 Å². The first-order valence-electron chi connectivity index (χ1n) is 5.02. The molecule has 74 valence electrons. The smallest absolute Gasteiger partial charge is 0.000460 e. The fraction of sp³-hybridized carbons (Fsp3) is 0.286. The molecule has 0 aromatic heterocycles. The lowest BCUT2D eigenvalue weighted by Gasteiger charge is -2.16. The highest BCUT2D eigenvalue weighted by atomic mass is 14.1. The molecule has 0 aromatic carbocycles. The molecule has 0 bridgehead atoms. The Bertz CT molecular complexity index is 335. The quantitative estimate of drug-likeness (QED) is 0.567. The lowest BCUT2D eigenvalue weighted by molar-refractivity contribution is 0.868. The summed E-state index contributed by atoms with van der Waals surface area (Å²) >= 11 is 0. The van der Waals surface area contributed by atoms with Crippen LogP contribution in [0.25, 0.3) is 0 Å². The summed E-state index contributed by atoms with van der Waals surface area (Å²) in [5.74, 6) is 0.521. The minimum atomic E-state index is 0.521. The second-order valence-electron chi connectivity index (χ2n) is 3.70. The van der Waals surface area contributed by atoms with E-state index in [9.17, 15) is 0 Å². The molecule has 0 N–H and O–H groups in total. The van der Waals surface area contributed by atoms with Gasteiger partial charge in [0, 0.05) is 0 Å². The van der Waals surface area contributed by atoms with Gasteiger partial charge in [-0.1, -0.05) is 50.0 Å². The predicted octanol–water partition coefficient (Wildman–Crippen LogP) is 4.20. The van der Waals surface area contributed by atoms with Crippen molar-refractivity contribution >= 4 is 0 Å². The van der Waals surface area contributed by atoms with Crippen molar-refractivity contribution < 1.29 is 0 Å². The minimum absolute atomic E-state index is 0.521. The molecule has 0 spiro atoms. The van der Waals surface area contributed by atoms with Crippen LogP contribution in [0, 0.1) is 5.92 Å². The van der Waals surface area contributed by atoms with E-state index in [1.54, 1.807) is 0 Å². The Morgan fingerprint density at radius 2 is 2.07 bits per heavy atom. The Morgan fingerprint density at radius 1 is 1.36 bits per heavy atom. The van der Waals surface area contributed by atoms with Crippen LogP contribution in [-0.4, -0.2) is 0 Å². The van der Waals surface area contributed by atoms with Crippen molar-refractivity contribution in [1.29, 1.82) is 0 Å². The van der Waals surface area contributed by atoms with Gasteiger partial charge >= 0.3 is 0 Å². The first kappa shape index (κ1) is 10.8. The standard InChI is InChI=1S/C14H18/c1-5-8-11(2)13(4)14-10-7-6-9-12(14)3/h5-10,12H,1H2,2-4H3/b11-8+,14-13+. The third kappa shape index (κ3) is 2.35. The van der Waals surface area contributed by atoms with Crippen molar-refractivity contribution in [1.82, 2.24) is 0 Å². The third-order valence-corrected chi connectivity index (χ3v) is 2.67. The average molecular weight is 186 g/mol. The molecular formula is C14H18. The van der Waals surface area contributed by atoms with E-state index >= 15 is 0 Å². The van der Waals surface area contributed by atoms with E-state index in [4.69, 9.17) is 0 Å². The van der Waals surface area contributed by atoms with Crippen molar-refractivity contribution in [3.63, 3.8) is 0 Å². The topological polar surface area (TPSA) is 0 Å². The van der Waals surface area contributed by atoms with Gasteiger partial charge in [0.05, 0.1) is 0 Å². The van der Waals surface area contributed by atoms with Crippen molar-refractivity contribution in [2.45, 2.75) is 20.8 Å². The van der Waals surface area contributed by atoms with Gasteiger partial charge in [-0.2, -0.15) is 0 Å². The molecule has 14 heavy (non-hydrogen) atoms. The summed E-state index contributed by atoms with van der Waals surface area (Å²) in [6, 6.07) is 0. The zero-order chi connectivity index (χ0) is 10.6. The van der Waals surface area contributed by atoms with Crippen LogP contribution in [0.4, 0.5) is 0 Å². The Hall–Kier alpha value is -1.30. The Balaban J connectivity index is 3.04. The maximum absolute atomic E-state index is 3.72. The molecule has 1 atom stereocenters. The number of allylic oxidation sites excluding steroid dienone is 9. The second kappa shape index (κ2) is 4.80. The van der Waals surface area contributed by atoms with Gasteiger partial charge in [-0.15, -0.1) is 0 Å². The largest absolute Gasteiger partial charge is 0.0991 e. The van der Waals surface area contributed by atoms with E-state index in [1.165, 1.54) is 16.7 Å².